The van der Waals surface area contributed by atoms with Crippen molar-refractivity contribution in [1.82, 2.24) is 14.3 Å². The summed E-state index contributed by atoms with van der Waals surface area (Å²) in [5.74, 6) is 0.518. The summed E-state index contributed by atoms with van der Waals surface area (Å²) in [6, 6.07) is 6.63. The molecule has 4 nitrogen and oxygen atoms in total. The number of fused-ring (bicyclic) bond motifs is 1. The lowest BCUT2D eigenvalue weighted by molar-refractivity contribution is 0.191. The minimum atomic E-state index is 0.240. The highest BCUT2D eigenvalue weighted by molar-refractivity contribution is 5.40. The van der Waals surface area contributed by atoms with Crippen LogP contribution in [0.1, 0.15) is 25.0 Å². The summed E-state index contributed by atoms with van der Waals surface area (Å²) in [5, 5.41) is 9.07. The van der Waals surface area contributed by atoms with Gasteiger partial charge >= 0.3 is 0 Å². The normalized spacial score (nSPS) is 25.0. The number of rotatable bonds is 3. The van der Waals surface area contributed by atoms with Crippen molar-refractivity contribution >= 4 is 5.65 Å². The highest BCUT2D eigenvalue weighted by Gasteiger charge is 2.31. The molecule has 0 saturated carbocycles. The molecule has 0 radical (unpaired) electrons. The number of aliphatic hydroxyl groups is 1. The second-order valence-electron chi connectivity index (χ2n) is 5.11. The third-order valence-corrected chi connectivity index (χ3v) is 3.95. The van der Waals surface area contributed by atoms with Crippen molar-refractivity contribution in [3.63, 3.8) is 0 Å². The molecule has 3 heterocycles. The first-order valence-corrected chi connectivity index (χ1v) is 6.56. The van der Waals surface area contributed by atoms with E-state index in [1.165, 1.54) is 5.69 Å². The number of aromatic nitrogens is 2. The fraction of sp³-hybridized carbons (Fsp3) is 0.500. The molecule has 18 heavy (non-hydrogen) atoms. The number of nitrogens with zero attached hydrogens (tertiary/aromatic N) is 3. The van der Waals surface area contributed by atoms with Crippen molar-refractivity contribution in [3.05, 3.63) is 36.3 Å². The lowest BCUT2D eigenvalue weighted by Crippen LogP contribution is -2.29. The van der Waals surface area contributed by atoms with Crippen LogP contribution in [0.3, 0.4) is 0 Å². The standard InChI is InChI=1S/C14H19N3O/c1-11-8-12(10-16(11)6-7-18)13-9-15-14-4-2-3-5-17(13)14/h2-5,9,11-12,18H,6-8,10H2,1H3. The van der Waals surface area contributed by atoms with Crippen LogP contribution in [0, 0.1) is 0 Å². The summed E-state index contributed by atoms with van der Waals surface area (Å²) in [6.07, 6.45) is 5.22. The Hall–Kier alpha value is -1.39. The number of hydrogen-bond donors (Lipinski definition) is 1. The van der Waals surface area contributed by atoms with Crippen molar-refractivity contribution < 1.29 is 5.11 Å². The van der Waals surface area contributed by atoms with Crippen molar-refractivity contribution in [2.45, 2.75) is 25.3 Å². The lowest BCUT2D eigenvalue weighted by atomic mass is 10.0. The summed E-state index contributed by atoms with van der Waals surface area (Å²) >= 11 is 0. The summed E-state index contributed by atoms with van der Waals surface area (Å²) in [5.41, 5.74) is 2.30. The largest absolute Gasteiger partial charge is 0.395 e. The molecule has 1 aliphatic heterocycles. The molecule has 0 amide bonds. The smallest absolute Gasteiger partial charge is 0.136 e. The Balaban J connectivity index is 1.88. The fourth-order valence-corrected chi connectivity index (χ4v) is 3.01. The van der Waals surface area contributed by atoms with E-state index in [0.29, 0.717) is 12.0 Å². The molecule has 0 aromatic carbocycles. The van der Waals surface area contributed by atoms with Gasteiger partial charge in [-0.1, -0.05) is 6.07 Å². The Bertz CT molecular complexity index is 537. The van der Waals surface area contributed by atoms with E-state index in [0.717, 1.165) is 25.2 Å². The third-order valence-electron chi connectivity index (χ3n) is 3.95. The summed E-state index contributed by atoms with van der Waals surface area (Å²) in [4.78, 5) is 6.81. The predicted octanol–water partition coefficient (Wildman–Crippen LogP) is 1.50. The number of aliphatic hydroxyl groups excluding tert-OH is 1. The second-order valence-corrected chi connectivity index (χ2v) is 5.11. The summed E-state index contributed by atoms with van der Waals surface area (Å²) in [7, 11) is 0. The van der Waals surface area contributed by atoms with Crippen LogP contribution < -0.4 is 0 Å². The lowest BCUT2D eigenvalue weighted by Gasteiger charge is -2.19. The van der Waals surface area contributed by atoms with Crippen LogP contribution in [-0.2, 0) is 0 Å². The number of likely N-dealkylation sites (tertiary alicyclic amines) is 1. The average Bonchev–Trinajstić information content (AvgIpc) is 2.94. The van der Waals surface area contributed by atoms with E-state index in [1.807, 2.05) is 24.4 Å². The topological polar surface area (TPSA) is 40.8 Å². The van der Waals surface area contributed by atoms with E-state index in [1.54, 1.807) is 0 Å². The van der Waals surface area contributed by atoms with E-state index < -0.39 is 0 Å². The Morgan fingerprint density at radius 1 is 1.44 bits per heavy atom. The van der Waals surface area contributed by atoms with Gasteiger partial charge in [-0.05, 0) is 25.5 Å². The second kappa shape index (κ2) is 4.71. The molecule has 2 aromatic heterocycles. The molecule has 0 bridgehead atoms. The van der Waals surface area contributed by atoms with Gasteiger partial charge in [0.1, 0.15) is 5.65 Å². The number of β-amino-alcohol motifs (C(OH)–C–C–N with tert-alkyl or cyclic N) is 1. The maximum Gasteiger partial charge on any atom is 0.136 e. The van der Waals surface area contributed by atoms with Crippen LogP contribution in [0.15, 0.2) is 30.6 Å². The van der Waals surface area contributed by atoms with Gasteiger partial charge in [-0.2, -0.15) is 0 Å². The molecule has 96 valence electrons. The molecule has 2 atom stereocenters. The minimum Gasteiger partial charge on any atom is -0.395 e. The van der Waals surface area contributed by atoms with Crippen molar-refractivity contribution in [2.75, 3.05) is 19.7 Å². The minimum absolute atomic E-state index is 0.240. The van der Waals surface area contributed by atoms with Gasteiger partial charge in [0, 0.05) is 43.1 Å². The van der Waals surface area contributed by atoms with Gasteiger partial charge in [0.05, 0.1) is 6.61 Å². The van der Waals surface area contributed by atoms with E-state index in [9.17, 15) is 0 Å². The third kappa shape index (κ3) is 1.91. The van der Waals surface area contributed by atoms with Crippen LogP contribution >= 0.6 is 0 Å². The van der Waals surface area contributed by atoms with E-state index >= 15 is 0 Å². The summed E-state index contributed by atoms with van der Waals surface area (Å²) < 4.78 is 2.18. The maximum atomic E-state index is 9.07. The van der Waals surface area contributed by atoms with Crippen LogP contribution in [0.2, 0.25) is 0 Å². The van der Waals surface area contributed by atoms with E-state index in [4.69, 9.17) is 5.11 Å². The molecule has 0 aliphatic carbocycles. The SMILES string of the molecule is CC1CC(c2cnc3ccccn23)CN1CCO. The Labute approximate surface area is 107 Å². The molecule has 1 aliphatic rings. The van der Waals surface area contributed by atoms with Crippen LogP contribution in [0.4, 0.5) is 0 Å². The fourth-order valence-electron chi connectivity index (χ4n) is 3.01. The van der Waals surface area contributed by atoms with Crippen molar-refractivity contribution in [1.29, 1.82) is 0 Å². The van der Waals surface area contributed by atoms with Crippen molar-refractivity contribution in [2.24, 2.45) is 0 Å². The first-order valence-electron chi connectivity index (χ1n) is 6.56. The van der Waals surface area contributed by atoms with E-state index in [-0.39, 0.29) is 6.61 Å². The first-order chi connectivity index (χ1) is 8.79. The molecule has 1 fully saturated rings. The van der Waals surface area contributed by atoms with Crippen molar-refractivity contribution in [3.8, 4) is 0 Å². The summed E-state index contributed by atoms with van der Waals surface area (Å²) in [6.45, 7) is 4.27. The monoisotopic (exact) mass is 245 g/mol. The highest BCUT2D eigenvalue weighted by atomic mass is 16.3. The van der Waals surface area contributed by atoms with Gasteiger partial charge in [0.25, 0.3) is 0 Å². The first kappa shape index (κ1) is 11.7. The number of imidazole rings is 1. The molecule has 1 saturated heterocycles. The van der Waals surface area contributed by atoms with Gasteiger partial charge in [0.15, 0.2) is 0 Å². The molecular weight excluding hydrogens is 226 g/mol. The quantitative estimate of drug-likeness (QED) is 0.891. The van der Waals surface area contributed by atoms with Crippen LogP contribution in [0.25, 0.3) is 5.65 Å². The molecule has 2 aromatic rings. The van der Waals surface area contributed by atoms with Gasteiger partial charge in [-0.15, -0.1) is 0 Å². The van der Waals surface area contributed by atoms with E-state index in [2.05, 4.69) is 27.4 Å². The molecule has 2 unspecified atom stereocenters. The Morgan fingerprint density at radius 3 is 3.17 bits per heavy atom. The molecular formula is C14H19N3O. The Kier molecular flexibility index (Phi) is 3.06. The molecule has 1 N–H and O–H groups in total. The van der Waals surface area contributed by atoms with Crippen LogP contribution in [0.5, 0.6) is 0 Å². The van der Waals surface area contributed by atoms with Gasteiger partial charge < -0.3 is 9.51 Å². The molecule has 4 heteroatoms. The predicted molar refractivity (Wildman–Crippen MR) is 70.7 cm³/mol. The maximum absolute atomic E-state index is 9.07. The zero-order valence-corrected chi connectivity index (χ0v) is 10.7. The average molecular weight is 245 g/mol. The van der Waals surface area contributed by atoms with Gasteiger partial charge in [-0.3, -0.25) is 4.90 Å². The molecule has 0 spiro atoms. The number of pyridine rings is 1. The van der Waals surface area contributed by atoms with Gasteiger partial charge in [0.2, 0.25) is 0 Å². The highest BCUT2D eigenvalue weighted by Crippen LogP contribution is 2.31. The van der Waals surface area contributed by atoms with Crippen LogP contribution in [-0.4, -0.2) is 45.1 Å². The Morgan fingerprint density at radius 2 is 2.33 bits per heavy atom. The molecule has 3 rings (SSSR count). The number of hydrogen-bond acceptors (Lipinski definition) is 3. The van der Waals surface area contributed by atoms with Gasteiger partial charge in [-0.25, -0.2) is 4.98 Å². The zero-order chi connectivity index (χ0) is 12.5. The zero-order valence-electron chi connectivity index (χ0n) is 10.7.